The molecule has 0 amide bonds. The maximum absolute atomic E-state index is 6.09. The summed E-state index contributed by atoms with van der Waals surface area (Å²) in [5.74, 6) is 0.700. The van der Waals surface area contributed by atoms with Gasteiger partial charge in [0, 0.05) is 12.1 Å². The van der Waals surface area contributed by atoms with Gasteiger partial charge in [-0.3, -0.25) is 0 Å². The minimum Gasteiger partial charge on any atom is -0.375 e. The SMILES string of the molecule is CCCC(CNCC(C)C)OCC(C)(C)N(C)C. The van der Waals surface area contributed by atoms with Gasteiger partial charge in [0.25, 0.3) is 0 Å². The lowest BCUT2D eigenvalue weighted by atomic mass is 10.1. The van der Waals surface area contributed by atoms with E-state index in [-0.39, 0.29) is 5.54 Å². The van der Waals surface area contributed by atoms with Gasteiger partial charge in [0.2, 0.25) is 0 Å². The van der Waals surface area contributed by atoms with Crippen LogP contribution < -0.4 is 5.32 Å². The molecule has 0 aliphatic rings. The van der Waals surface area contributed by atoms with E-state index in [0.717, 1.165) is 26.1 Å². The molecule has 0 rings (SSSR count). The van der Waals surface area contributed by atoms with E-state index in [1.807, 2.05) is 0 Å². The van der Waals surface area contributed by atoms with Crippen molar-refractivity contribution in [3.8, 4) is 0 Å². The number of nitrogens with one attached hydrogen (secondary N) is 1. The fourth-order valence-electron chi connectivity index (χ4n) is 1.55. The normalized spacial score (nSPS) is 14.5. The van der Waals surface area contributed by atoms with Crippen LogP contribution in [-0.4, -0.2) is 50.3 Å². The quantitative estimate of drug-likeness (QED) is 0.652. The molecule has 3 nitrogen and oxygen atoms in total. The standard InChI is InChI=1S/C15H34N2O/c1-8-9-14(11-16-10-13(2)3)18-12-15(4,5)17(6)7/h13-14,16H,8-12H2,1-7H3. The van der Waals surface area contributed by atoms with E-state index in [0.29, 0.717) is 12.0 Å². The highest BCUT2D eigenvalue weighted by atomic mass is 16.5. The third-order valence-corrected chi connectivity index (χ3v) is 3.42. The molecule has 110 valence electrons. The average Bonchev–Trinajstić information content (AvgIpc) is 2.25. The molecule has 1 unspecified atom stereocenters. The largest absolute Gasteiger partial charge is 0.375 e. The van der Waals surface area contributed by atoms with Crippen LogP contribution in [0.4, 0.5) is 0 Å². The highest BCUT2D eigenvalue weighted by Gasteiger charge is 2.22. The third kappa shape index (κ3) is 8.06. The Morgan fingerprint density at radius 2 is 1.78 bits per heavy atom. The Balaban J connectivity index is 4.03. The summed E-state index contributed by atoms with van der Waals surface area (Å²) in [7, 11) is 4.21. The zero-order valence-electron chi connectivity index (χ0n) is 13.5. The Hall–Kier alpha value is -0.120. The first-order valence-corrected chi connectivity index (χ1v) is 7.29. The Labute approximate surface area is 114 Å². The van der Waals surface area contributed by atoms with Crippen LogP contribution in [0.15, 0.2) is 0 Å². The molecule has 0 fully saturated rings. The predicted octanol–water partition coefficient (Wildman–Crippen LogP) is 2.76. The zero-order valence-corrected chi connectivity index (χ0v) is 13.5. The first-order chi connectivity index (χ1) is 8.29. The van der Waals surface area contributed by atoms with E-state index >= 15 is 0 Å². The summed E-state index contributed by atoms with van der Waals surface area (Å²) in [6.45, 7) is 13.9. The molecule has 0 aromatic rings. The number of hydrogen-bond acceptors (Lipinski definition) is 3. The van der Waals surface area contributed by atoms with E-state index in [2.05, 4.69) is 58.9 Å². The van der Waals surface area contributed by atoms with Crippen molar-refractivity contribution in [2.75, 3.05) is 33.8 Å². The lowest BCUT2D eigenvalue weighted by Crippen LogP contribution is -2.44. The average molecular weight is 258 g/mol. The van der Waals surface area contributed by atoms with E-state index in [4.69, 9.17) is 4.74 Å². The number of rotatable bonds is 10. The molecule has 18 heavy (non-hydrogen) atoms. The van der Waals surface area contributed by atoms with Gasteiger partial charge in [-0.05, 0) is 46.8 Å². The van der Waals surface area contributed by atoms with Crippen molar-refractivity contribution in [2.24, 2.45) is 5.92 Å². The van der Waals surface area contributed by atoms with Crippen molar-refractivity contribution in [3.05, 3.63) is 0 Å². The third-order valence-electron chi connectivity index (χ3n) is 3.42. The molecule has 0 spiro atoms. The van der Waals surface area contributed by atoms with Gasteiger partial charge in [-0.1, -0.05) is 27.2 Å². The number of likely N-dealkylation sites (N-methyl/N-ethyl adjacent to an activating group) is 1. The summed E-state index contributed by atoms with van der Waals surface area (Å²) in [5.41, 5.74) is 0.101. The second-order valence-electron chi connectivity index (χ2n) is 6.48. The molecule has 0 aliphatic heterocycles. The predicted molar refractivity (Wildman–Crippen MR) is 80.1 cm³/mol. The number of nitrogens with zero attached hydrogens (tertiary/aromatic N) is 1. The van der Waals surface area contributed by atoms with Crippen molar-refractivity contribution in [2.45, 2.75) is 59.1 Å². The molecule has 0 saturated heterocycles. The summed E-state index contributed by atoms with van der Waals surface area (Å²) in [4.78, 5) is 2.22. The van der Waals surface area contributed by atoms with Crippen LogP contribution in [0, 0.1) is 5.92 Å². The maximum atomic E-state index is 6.09. The smallest absolute Gasteiger partial charge is 0.0700 e. The van der Waals surface area contributed by atoms with E-state index in [9.17, 15) is 0 Å². The minimum atomic E-state index is 0.101. The van der Waals surface area contributed by atoms with Crippen LogP contribution in [0.2, 0.25) is 0 Å². The first-order valence-electron chi connectivity index (χ1n) is 7.29. The molecule has 0 aliphatic carbocycles. The van der Waals surface area contributed by atoms with Gasteiger partial charge in [0.1, 0.15) is 0 Å². The molecule has 0 radical (unpaired) electrons. The van der Waals surface area contributed by atoms with Crippen LogP contribution in [0.25, 0.3) is 0 Å². The molecular formula is C15H34N2O. The van der Waals surface area contributed by atoms with Gasteiger partial charge < -0.3 is 15.0 Å². The molecule has 0 heterocycles. The van der Waals surface area contributed by atoms with Crippen LogP contribution in [-0.2, 0) is 4.74 Å². The van der Waals surface area contributed by atoms with Gasteiger partial charge in [-0.25, -0.2) is 0 Å². The zero-order chi connectivity index (χ0) is 14.2. The summed E-state index contributed by atoms with van der Waals surface area (Å²) in [5, 5.41) is 3.50. The molecule has 0 aromatic carbocycles. The molecular weight excluding hydrogens is 224 g/mol. The van der Waals surface area contributed by atoms with Crippen LogP contribution in [0.1, 0.15) is 47.5 Å². The molecule has 0 saturated carbocycles. The molecule has 0 aromatic heterocycles. The van der Waals surface area contributed by atoms with Crippen molar-refractivity contribution < 1.29 is 4.74 Å². The van der Waals surface area contributed by atoms with E-state index in [1.165, 1.54) is 6.42 Å². The van der Waals surface area contributed by atoms with Crippen molar-refractivity contribution >= 4 is 0 Å². The Bertz CT molecular complexity index is 203. The monoisotopic (exact) mass is 258 g/mol. The highest BCUT2D eigenvalue weighted by Crippen LogP contribution is 2.13. The van der Waals surface area contributed by atoms with Gasteiger partial charge in [0.15, 0.2) is 0 Å². The summed E-state index contributed by atoms with van der Waals surface area (Å²) >= 11 is 0. The Kier molecular flexibility index (Phi) is 8.83. The second kappa shape index (κ2) is 8.89. The van der Waals surface area contributed by atoms with Crippen LogP contribution in [0.5, 0.6) is 0 Å². The lowest BCUT2D eigenvalue weighted by Gasteiger charge is -2.34. The Morgan fingerprint density at radius 1 is 1.17 bits per heavy atom. The first kappa shape index (κ1) is 17.9. The van der Waals surface area contributed by atoms with Gasteiger partial charge in [-0.15, -0.1) is 0 Å². The van der Waals surface area contributed by atoms with Crippen molar-refractivity contribution in [3.63, 3.8) is 0 Å². The van der Waals surface area contributed by atoms with E-state index < -0.39 is 0 Å². The molecule has 1 atom stereocenters. The molecule has 1 N–H and O–H groups in total. The fourth-order valence-corrected chi connectivity index (χ4v) is 1.55. The Morgan fingerprint density at radius 3 is 2.22 bits per heavy atom. The van der Waals surface area contributed by atoms with Gasteiger partial charge >= 0.3 is 0 Å². The highest BCUT2D eigenvalue weighted by molar-refractivity contribution is 4.77. The van der Waals surface area contributed by atoms with Gasteiger partial charge in [-0.2, -0.15) is 0 Å². The summed E-state index contributed by atoms with van der Waals surface area (Å²) in [6, 6.07) is 0. The summed E-state index contributed by atoms with van der Waals surface area (Å²) in [6.07, 6.45) is 2.65. The van der Waals surface area contributed by atoms with Crippen LogP contribution in [0.3, 0.4) is 0 Å². The minimum absolute atomic E-state index is 0.101. The molecule has 3 heteroatoms. The maximum Gasteiger partial charge on any atom is 0.0700 e. The molecule has 0 bridgehead atoms. The lowest BCUT2D eigenvalue weighted by molar-refractivity contribution is -0.0146. The summed E-state index contributed by atoms with van der Waals surface area (Å²) < 4.78 is 6.09. The fraction of sp³-hybridized carbons (Fsp3) is 1.00. The van der Waals surface area contributed by atoms with Gasteiger partial charge in [0.05, 0.1) is 12.7 Å². The topological polar surface area (TPSA) is 24.5 Å². The second-order valence-corrected chi connectivity index (χ2v) is 6.48. The van der Waals surface area contributed by atoms with Crippen LogP contribution >= 0.6 is 0 Å². The van der Waals surface area contributed by atoms with Crippen molar-refractivity contribution in [1.29, 1.82) is 0 Å². The van der Waals surface area contributed by atoms with Crippen molar-refractivity contribution in [1.82, 2.24) is 10.2 Å². The number of hydrogen-bond donors (Lipinski definition) is 1. The van der Waals surface area contributed by atoms with E-state index in [1.54, 1.807) is 0 Å². The number of ether oxygens (including phenoxy) is 1.